The molecule has 5 nitrogen and oxygen atoms in total. The van der Waals surface area contributed by atoms with Crippen molar-refractivity contribution in [1.82, 2.24) is 4.90 Å². The molecule has 0 spiro atoms. The first kappa shape index (κ1) is 8.99. The largest absolute Gasteiger partial charge is 0.465 e. The van der Waals surface area contributed by atoms with Crippen LogP contribution in [0, 0.1) is 0 Å². The Morgan fingerprint density at radius 1 is 1.58 bits per heavy atom. The highest BCUT2D eigenvalue weighted by molar-refractivity contribution is 5.81. The first-order valence-electron chi connectivity index (χ1n) is 3.71. The highest BCUT2D eigenvalue weighted by atomic mass is 16.5. The molecule has 12 heavy (non-hydrogen) atoms. The van der Waals surface area contributed by atoms with Crippen LogP contribution < -0.4 is 0 Å². The van der Waals surface area contributed by atoms with Gasteiger partial charge in [-0.1, -0.05) is 0 Å². The Kier molecular flexibility index (Phi) is 2.65. The molecule has 1 aliphatic heterocycles. The summed E-state index contributed by atoms with van der Waals surface area (Å²) >= 11 is 0. The summed E-state index contributed by atoms with van der Waals surface area (Å²) in [4.78, 5) is 22.5. The number of hydrogen-bond acceptors (Lipinski definition) is 3. The Labute approximate surface area is 69.9 Å². The number of hydrogen-bond donors (Lipinski definition) is 1. The van der Waals surface area contributed by atoms with Gasteiger partial charge in [0.1, 0.15) is 6.10 Å². The molecule has 0 saturated carbocycles. The molecule has 1 heterocycles. The summed E-state index contributed by atoms with van der Waals surface area (Å²) < 4.78 is 5.07. The third kappa shape index (κ3) is 1.94. The molecule has 0 aliphatic carbocycles. The number of rotatable bonds is 1. The van der Waals surface area contributed by atoms with Crippen molar-refractivity contribution < 1.29 is 19.4 Å². The van der Waals surface area contributed by atoms with Crippen LogP contribution in [0.1, 0.15) is 6.92 Å². The van der Waals surface area contributed by atoms with Gasteiger partial charge < -0.3 is 14.7 Å². The van der Waals surface area contributed by atoms with E-state index in [1.807, 2.05) is 0 Å². The van der Waals surface area contributed by atoms with Gasteiger partial charge in [0.15, 0.2) is 5.78 Å². The number of ketones is 1. The molecule has 1 unspecified atom stereocenters. The fourth-order valence-electron chi connectivity index (χ4n) is 1.07. The van der Waals surface area contributed by atoms with Gasteiger partial charge in [-0.3, -0.25) is 4.79 Å². The highest BCUT2D eigenvalue weighted by Gasteiger charge is 2.26. The van der Waals surface area contributed by atoms with Gasteiger partial charge in [0.05, 0.1) is 13.2 Å². The van der Waals surface area contributed by atoms with Gasteiger partial charge in [-0.25, -0.2) is 4.79 Å². The molecule has 1 rings (SSSR count). The van der Waals surface area contributed by atoms with E-state index >= 15 is 0 Å². The Bertz CT molecular complexity index is 184. The summed E-state index contributed by atoms with van der Waals surface area (Å²) in [5.74, 6) is -0.124. The monoisotopic (exact) mass is 173 g/mol. The molecule has 0 radical (unpaired) electrons. The van der Waals surface area contributed by atoms with Gasteiger partial charge >= 0.3 is 6.09 Å². The molecular weight excluding hydrogens is 162 g/mol. The third-order valence-corrected chi connectivity index (χ3v) is 1.79. The number of ether oxygens (including phenoxy) is 1. The summed E-state index contributed by atoms with van der Waals surface area (Å²) in [6.07, 6.45) is -1.57. The zero-order valence-corrected chi connectivity index (χ0v) is 6.82. The summed E-state index contributed by atoms with van der Waals surface area (Å²) in [5.41, 5.74) is 0. The molecule has 0 bridgehead atoms. The number of nitrogens with zero attached hydrogens (tertiary/aromatic N) is 1. The van der Waals surface area contributed by atoms with Crippen molar-refractivity contribution >= 4 is 11.9 Å². The average Bonchev–Trinajstić information content (AvgIpc) is 2.04. The van der Waals surface area contributed by atoms with E-state index in [0.29, 0.717) is 13.2 Å². The Morgan fingerprint density at radius 2 is 2.25 bits per heavy atom. The molecular formula is C7H11NO4. The van der Waals surface area contributed by atoms with Crippen molar-refractivity contribution in [2.24, 2.45) is 0 Å². The fourth-order valence-corrected chi connectivity index (χ4v) is 1.07. The van der Waals surface area contributed by atoms with Gasteiger partial charge in [-0.05, 0) is 6.92 Å². The van der Waals surface area contributed by atoms with Crippen LogP contribution in [-0.2, 0) is 9.53 Å². The Hall–Kier alpha value is -1.10. The molecule has 1 saturated heterocycles. The lowest BCUT2D eigenvalue weighted by Crippen LogP contribution is -2.47. The topological polar surface area (TPSA) is 66.8 Å². The van der Waals surface area contributed by atoms with E-state index in [2.05, 4.69) is 0 Å². The standard InChI is InChI=1S/C7H11NO4/c1-5(9)6-4-8(7(10)11)2-3-12-6/h6H,2-4H2,1H3,(H,10,11). The SMILES string of the molecule is CC(=O)C1CN(C(=O)O)CCO1. The third-order valence-electron chi connectivity index (χ3n) is 1.79. The number of morpholine rings is 1. The van der Waals surface area contributed by atoms with Crippen molar-refractivity contribution in [3.63, 3.8) is 0 Å². The molecule has 0 aromatic rings. The van der Waals surface area contributed by atoms with E-state index in [1.54, 1.807) is 0 Å². The molecule has 1 atom stereocenters. The second-order valence-electron chi connectivity index (χ2n) is 2.70. The van der Waals surface area contributed by atoms with Crippen molar-refractivity contribution in [1.29, 1.82) is 0 Å². The molecule has 1 aliphatic rings. The van der Waals surface area contributed by atoms with Crippen LogP contribution in [0.4, 0.5) is 4.79 Å². The number of Topliss-reactive ketones (excluding diaryl/α,β-unsaturated/α-hetero) is 1. The second-order valence-corrected chi connectivity index (χ2v) is 2.70. The fraction of sp³-hybridized carbons (Fsp3) is 0.714. The van der Waals surface area contributed by atoms with Crippen molar-refractivity contribution in [3.05, 3.63) is 0 Å². The minimum atomic E-state index is -0.996. The first-order chi connectivity index (χ1) is 5.61. The quantitative estimate of drug-likeness (QED) is 0.604. The summed E-state index contributed by atoms with van der Waals surface area (Å²) in [6, 6.07) is 0. The number of amides is 1. The maximum Gasteiger partial charge on any atom is 0.407 e. The zero-order valence-electron chi connectivity index (χ0n) is 6.82. The summed E-state index contributed by atoms with van der Waals surface area (Å²) in [6.45, 7) is 2.20. The predicted molar refractivity (Wildman–Crippen MR) is 40.0 cm³/mol. The minimum absolute atomic E-state index is 0.124. The smallest absolute Gasteiger partial charge is 0.407 e. The van der Waals surface area contributed by atoms with Crippen molar-refractivity contribution in [2.45, 2.75) is 13.0 Å². The summed E-state index contributed by atoms with van der Waals surface area (Å²) in [5, 5.41) is 8.60. The second kappa shape index (κ2) is 3.53. The van der Waals surface area contributed by atoms with Crippen LogP contribution in [-0.4, -0.2) is 47.7 Å². The lowest BCUT2D eigenvalue weighted by Gasteiger charge is -2.29. The maximum absolute atomic E-state index is 10.8. The van der Waals surface area contributed by atoms with Crippen LogP contribution in [0.25, 0.3) is 0 Å². The van der Waals surface area contributed by atoms with E-state index in [0.717, 1.165) is 0 Å². The van der Waals surface area contributed by atoms with Gasteiger partial charge in [0.2, 0.25) is 0 Å². The molecule has 5 heteroatoms. The Morgan fingerprint density at radius 3 is 2.75 bits per heavy atom. The zero-order chi connectivity index (χ0) is 9.14. The van der Waals surface area contributed by atoms with Gasteiger partial charge in [0.25, 0.3) is 0 Å². The number of carbonyl (C=O) groups is 2. The molecule has 1 fully saturated rings. The van der Waals surface area contributed by atoms with E-state index < -0.39 is 12.2 Å². The van der Waals surface area contributed by atoms with Crippen LogP contribution in [0.15, 0.2) is 0 Å². The highest BCUT2D eigenvalue weighted by Crippen LogP contribution is 2.05. The van der Waals surface area contributed by atoms with Gasteiger partial charge in [-0.15, -0.1) is 0 Å². The Balaban J connectivity index is 2.51. The van der Waals surface area contributed by atoms with Crippen molar-refractivity contribution in [3.8, 4) is 0 Å². The van der Waals surface area contributed by atoms with Crippen LogP contribution in [0.5, 0.6) is 0 Å². The lowest BCUT2D eigenvalue weighted by atomic mass is 10.2. The molecule has 68 valence electrons. The van der Waals surface area contributed by atoms with E-state index in [1.165, 1.54) is 11.8 Å². The van der Waals surface area contributed by atoms with E-state index in [9.17, 15) is 9.59 Å². The number of carboxylic acid groups (broad SMARTS) is 1. The predicted octanol–water partition coefficient (Wildman–Crippen LogP) is -0.0458. The normalized spacial score (nSPS) is 23.8. The average molecular weight is 173 g/mol. The minimum Gasteiger partial charge on any atom is -0.465 e. The van der Waals surface area contributed by atoms with Crippen LogP contribution in [0.2, 0.25) is 0 Å². The summed E-state index contributed by atoms with van der Waals surface area (Å²) in [7, 11) is 0. The number of carbonyl (C=O) groups excluding carboxylic acids is 1. The van der Waals surface area contributed by atoms with Gasteiger partial charge in [0, 0.05) is 6.54 Å². The molecule has 0 aromatic carbocycles. The molecule has 1 N–H and O–H groups in total. The molecule has 1 amide bonds. The first-order valence-corrected chi connectivity index (χ1v) is 3.71. The maximum atomic E-state index is 10.8. The molecule has 0 aromatic heterocycles. The lowest BCUT2D eigenvalue weighted by molar-refractivity contribution is -0.132. The van der Waals surface area contributed by atoms with E-state index in [4.69, 9.17) is 9.84 Å². The van der Waals surface area contributed by atoms with Crippen LogP contribution >= 0.6 is 0 Å². The van der Waals surface area contributed by atoms with Crippen LogP contribution in [0.3, 0.4) is 0 Å². The van der Waals surface area contributed by atoms with Crippen molar-refractivity contribution in [2.75, 3.05) is 19.7 Å². The van der Waals surface area contributed by atoms with Gasteiger partial charge in [-0.2, -0.15) is 0 Å². The van der Waals surface area contributed by atoms with E-state index in [-0.39, 0.29) is 12.3 Å².